The number of urea groups is 1. The Morgan fingerprint density at radius 2 is 1.88 bits per heavy atom. The number of anilines is 1. The van der Waals surface area contributed by atoms with Gasteiger partial charge in [0.1, 0.15) is 5.75 Å². The van der Waals surface area contributed by atoms with E-state index in [4.69, 9.17) is 14.2 Å². The van der Waals surface area contributed by atoms with Crippen LogP contribution in [0, 0.1) is 6.92 Å². The average Bonchev–Trinajstić information content (AvgIpc) is 3.03. The van der Waals surface area contributed by atoms with Crippen LogP contribution in [0.25, 0.3) is 0 Å². The Labute approximate surface area is 153 Å². The van der Waals surface area contributed by atoms with Gasteiger partial charge in [-0.2, -0.15) is 0 Å². The van der Waals surface area contributed by atoms with Crippen LogP contribution >= 0.6 is 0 Å². The smallest absolute Gasteiger partial charge is 0.321 e. The maximum Gasteiger partial charge on any atom is 0.321 e. The number of fused-ring (bicyclic) bond motifs is 1. The van der Waals surface area contributed by atoms with E-state index in [0.717, 1.165) is 11.3 Å². The minimum atomic E-state index is -0.353. The molecule has 0 bridgehead atoms. The SMILES string of the molecule is Cc1ccc(OCNC(=O)Nc2ccc3c(c2)OCO3)c(C(C)(C)C)c1. The van der Waals surface area contributed by atoms with Gasteiger partial charge in [-0.05, 0) is 36.1 Å². The lowest BCUT2D eigenvalue weighted by molar-refractivity contribution is 0.174. The van der Waals surface area contributed by atoms with Crippen LogP contribution in [-0.2, 0) is 5.41 Å². The number of carbonyl (C=O) groups excluding carboxylic acids is 1. The second kappa shape index (κ2) is 7.15. The second-order valence-corrected chi connectivity index (χ2v) is 7.24. The van der Waals surface area contributed by atoms with Gasteiger partial charge in [-0.1, -0.05) is 38.5 Å². The van der Waals surface area contributed by atoms with Crippen molar-refractivity contribution < 1.29 is 19.0 Å². The molecule has 0 aromatic heterocycles. The molecule has 2 N–H and O–H groups in total. The Morgan fingerprint density at radius 1 is 1.12 bits per heavy atom. The molecule has 1 aliphatic rings. The molecule has 0 saturated heterocycles. The zero-order chi connectivity index (χ0) is 18.7. The molecule has 0 aliphatic carbocycles. The third-order valence-electron chi connectivity index (χ3n) is 4.03. The predicted molar refractivity (Wildman–Crippen MR) is 100 cm³/mol. The Hall–Kier alpha value is -2.89. The number of nitrogens with one attached hydrogen (secondary N) is 2. The topological polar surface area (TPSA) is 68.8 Å². The van der Waals surface area contributed by atoms with E-state index >= 15 is 0 Å². The van der Waals surface area contributed by atoms with Crippen LogP contribution in [0.2, 0.25) is 0 Å². The van der Waals surface area contributed by atoms with Gasteiger partial charge in [0.15, 0.2) is 18.2 Å². The van der Waals surface area contributed by atoms with E-state index in [1.165, 1.54) is 5.56 Å². The van der Waals surface area contributed by atoms with Crippen LogP contribution in [-0.4, -0.2) is 19.6 Å². The quantitative estimate of drug-likeness (QED) is 0.807. The number of rotatable bonds is 4. The minimum Gasteiger partial charge on any atom is -0.473 e. The number of benzene rings is 2. The molecule has 3 rings (SSSR count). The van der Waals surface area contributed by atoms with Gasteiger partial charge in [0, 0.05) is 11.8 Å². The lowest BCUT2D eigenvalue weighted by Crippen LogP contribution is -2.32. The molecular weight excluding hydrogens is 332 g/mol. The summed E-state index contributed by atoms with van der Waals surface area (Å²) in [6, 6.07) is 10.9. The summed E-state index contributed by atoms with van der Waals surface area (Å²) in [5, 5.41) is 5.44. The van der Waals surface area contributed by atoms with Crippen molar-refractivity contribution in [1.82, 2.24) is 5.32 Å². The standard InChI is InChI=1S/C20H24N2O4/c1-13-5-7-16(15(9-13)20(2,3)4)24-11-21-19(23)22-14-6-8-17-18(10-14)26-12-25-17/h5-10H,11-12H2,1-4H3,(H2,21,22,23). The number of amides is 2. The maximum absolute atomic E-state index is 12.1. The first kappa shape index (κ1) is 17.9. The highest BCUT2D eigenvalue weighted by Gasteiger charge is 2.19. The van der Waals surface area contributed by atoms with E-state index in [1.807, 2.05) is 12.1 Å². The van der Waals surface area contributed by atoms with Crippen LogP contribution < -0.4 is 24.8 Å². The molecule has 2 aromatic rings. The minimum absolute atomic E-state index is 0.0455. The molecule has 2 amide bonds. The van der Waals surface area contributed by atoms with Crippen LogP contribution in [0.4, 0.5) is 10.5 Å². The summed E-state index contributed by atoms with van der Waals surface area (Å²) >= 11 is 0. The molecule has 0 unspecified atom stereocenters. The Kier molecular flexibility index (Phi) is 4.93. The summed E-state index contributed by atoms with van der Waals surface area (Å²) in [4.78, 5) is 12.1. The summed E-state index contributed by atoms with van der Waals surface area (Å²) in [5.41, 5.74) is 2.86. The van der Waals surface area contributed by atoms with Gasteiger partial charge in [-0.15, -0.1) is 0 Å². The van der Waals surface area contributed by atoms with Gasteiger partial charge < -0.3 is 24.8 Å². The number of hydrogen-bond acceptors (Lipinski definition) is 4. The molecule has 0 spiro atoms. The average molecular weight is 356 g/mol. The highest BCUT2D eigenvalue weighted by molar-refractivity contribution is 5.89. The van der Waals surface area contributed by atoms with Crippen LogP contribution in [0.5, 0.6) is 17.2 Å². The van der Waals surface area contributed by atoms with Gasteiger partial charge in [0.25, 0.3) is 0 Å². The van der Waals surface area contributed by atoms with Gasteiger partial charge in [-0.3, -0.25) is 0 Å². The number of carbonyl (C=O) groups is 1. The van der Waals surface area contributed by atoms with Crippen LogP contribution in [0.15, 0.2) is 36.4 Å². The molecule has 26 heavy (non-hydrogen) atoms. The first-order valence-electron chi connectivity index (χ1n) is 8.51. The van der Waals surface area contributed by atoms with Gasteiger partial charge in [0.05, 0.1) is 0 Å². The highest BCUT2D eigenvalue weighted by Crippen LogP contribution is 2.34. The molecule has 6 heteroatoms. The fourth-order valence-corrected chi connectivity index (χ4v) is 2.68. The van der Waals surface area contributed by atoms with Crippen molar-refractivity contribution in [1.29, 1.82) is 0 Å². The summed E-state index contributed by atoms with van der Waals surface area (Å²) in [5.74, 6) is 2.06. The lowest BCUT2D eigenvalue weighted by atomic mass is 9.85. The highest BCUT2D eigenvalue weighted by atomic mass is 16.7. The molecule has 2 aromatic carbocycles. The maximum atomic E-state index is 12.1. The molecule has 1 aliphatic heterocycles. The Morgan fingerprint density at radius 3 is 2.65 bits per heavy atom. The monoisotopic (exact) mass is 356 g/mol. The molecular formula is C20H24N2O4. The number of hydrogen-bond donors (Lipinski definition) is 2. The lowest BCUT2D eigenvalue weighted by Gasteiger charge is -2.23. The van der Waals surface area contributed by atoms with Crippen LogP contribution in [0.3, 0.4) is 0 Å². The van der Waals surface area contributed by atoms with E-state index in [1.54, 1.807) is 18.2 Å². The van der Waals surface area contributed by atoms with Gasteiger partial charge >= 0.3 is 6.03 Å². The summed E-state index contributed by atoms with van der Waals surface area (Å²) in [6.45, 7) is 8.72. The predicted octanol–water partition coefficient (Wildman–Crippen LogP) is 4.18. The molecule has 0 atom stereocenters. The molecule has 0 fully saturated rings. The Bertz CT molecular complexity index is 812. The van der Waals surface area contributed by atoms with E-state index in [2.05, 4.69) is 44.4 Å². The fraction of sp³-hybridized carbons (Fsp3) is 0.350. The van der Waals surface area contributed by atoms with E-state index in [9.17, 15) is 4.79 Å². The molecule has 138 valence electrons. The van der Waals surface area contributed by atoms with Crippen molar-refractivity contribution in [2.75, 3.05) is 18.8 Å². The van der Waals surface area contributed by atoms with E-state index in [0.29, 0.717) is 17.2 Å². The van der Waals surface area contributed by atoms with Crippen molar-refractivity contribution in [3.63, 3.8) is 0 Å². The summed E-state index contributed by atoms with van der Waals surface area (Å²) in [6.07, 6.45) is 0. The van der Waals surface area contributed by atoms with Crippen molar-refractivity contribution in [3.05, 3.63) is 47.5 Å². The third-order valence-corrected chi connectivity index (χ3v) is 4.03. The van der Waals surface area contributed by atoms with Crippen molar-refractivity contribution in [2.45, 2.75) is 33.1 Å². The van der Waals surface area contributed by atoms with Crippen molar-refractivity contribution >= 4 is 11.7 Å². The van der Waals surface area contributed by atoms with E-state index < -0.39 is 0 Å². The first-order valence-corrected chi connectivity index (χ1v) is 8.51. The Balaban J connectivity index is 1.56. The number of ether oxygens (including phenoxy) is 3. The summed E-state index contributed by atoms with van der Waals surface area (Å²) in [7, 11) is 0. The van der Waals surface area contributed by atoms with Gasteiger partial charge in [0.2, 0.25) is 6.79 Å². The van der Waals surface area contributed by atoms with Gasteiger partial charge in [-0.25, -0.2) is 4.79 Å². The molecule has 6 nitrogen and oxygen atoms in total. The molecule has 0 saturated carbocycles. The molecule has 1 heterocycles. The number of aryl methyl sites for hydroxylation is 1. The zero-order valence-electron chi connectivity index (χ0n) is 15.5. The fourth-order valence-electron chi connectivity index (χ4n) is 2.68. The van der Waals surface area contributed by atoms with Crippen molar-refractivity contribution in [3.8, 4) is 17.2 Å². The second-order valence-electron chi connectivity index (χ2n) is 7.24. The first-order chi connectivity index (χ1) is 12.3. The van der Waals surface area contributed by atoms with Crippen LogP contribution in [0.1, 0.15) is 31.9 Å². The zero-order valence-corrected chi connectivity index (χ0v) is 15.5. The summed E-state index contributed by atoms with van der Waals surface area (Å²) < 4.78 is 16.3. The molecule has 0 radical (unpaired) electrons. The normalized spacial score (nSPS) is 12.6. The largest absolute Gasteiger partial charge is 0.473 e. The van der Waals surface area contributed by atoms with Crippen molar-refractivity contribution in [2.24, 2.45) is 0 Å². The third kappa shape index (κ3) is 4.20. The van der Waals surface area contributed by atoms with E-state index in [-0.39, 0.29) is 25.0 Å².